The van der Waals surface area contributed by atoms with E-state index >= 15 is 4.39 Å². The minimum atomic E-state index is -0.549. The summed E-state index contributed by atoms with van der Waals surface area (Å²) in [5.74, 6) is -0.306. The number of anilines is 1. The molecule has 10 rings (SSSR count). The highest BCUT2D eigenvalue weighted by molar-refractivity contribution is 5.90. The second kappa shape index (κ2) is 12.8. The minimum absolute atomic E-state index is 0.0225. The number of hydrogen-bond donors (Lipinski definition) is 0. The van der Waals surface area contributed by atoms with Crippen LogP contribution >= 0.6 is 0 Å². The van der Waals surface area contributed by atoms with Gasteiger partial charge in [-0.05, 0) is 43.0 Å². The average molecular weight is 745 g/mol. The number of unbranched alkanes of at least 4 members (excludes halogenated alkanes) is 1. The van der Waals surface area contributed by atoms with Crippen molar-refractivity contribution in [3.05, 3.63) is 60.4 Å². The van der Waals surface area contributed by atoms with Crippen LogP contribution in [-0.4, -0.2) is 78.4 Å². The molecular formula is C41H41FN8O5. The number of cyclic esters (lactones) is 1. The van der Waals surface area contributed by atoms with Crippen LogP contribution in [0.4, 0.5) is 14.9 Å². The van der Waals surface area contributed by atoms with E-state index in [1.807, 2.05) is 12.1 Å². The number of ether oxygens (including phenoxy) is 4. The van der Waals surface area contributed by atoms with Crippen LogP contribution in [0.2, 0.25) is 0 Å². The Kier molecular flexibility index (Phi) is 8.04. The number of pyridine rings is 1. The van der Waals surface area contributed by atoms with Crippen molar-refractivity contribution < 1.29 is 28.1 Å². The maximum atomic E-state index is 15.9. The molecule has 55 heavy (non-hydrogen) atoms. The Morgan fingerprint density at radius 3 is 2.33 bits per heavy atom. The van der Waals surface area contributed by atoms with Crippen molar-refractivity contribution in [1.82, 2.24) is 20.0 Å². The molecule has 6 heterocycles. The van der Waals surface area contributed by atoms with Gasteiger partial charge >= 0.3 is 6.09 Å². The molecule has 1 amide bonds. The maximum Gasteiger partial charge on any atom is 0.414 e. The number of halogens is 1. The maximum absolute atomic E-state index is 15.9. The van der Waals surface area contributed by atoms with E-state index in [2.05, 4.69) is 28.5 Å². The number of benzene rings is 1. The number of nitrogens with zero attached hydrogens (tertiary/aromatic N) is 8. The molecule has 0 radical (unpaired) electrons. The molecule has 0 N–H and O–H groups in total. The van der Waals surface area contributed by atoms with Crippen molar-refractivity contribution in [2.24, 2.45) is 57.7 Å². The van der Waals surface area contributed by atoms with E-state index in [0.29, 0.717) is 68.9 Å². The predicted molar refractivity (Wildman–Crippen MR) is 190 cm³/mol. The molecule has 12 atom stereocenters. The quantitative estimate of drug-likeness (QED) is 0.213. The first-order valence-electron chi connectivity index (χ1n) is 19.4. The van der Waals surface area contributed by atoms with E-state index < -0.39 is 23.4 Å². The van der Waals surface area contributed by atoms with Gasteiger partial charge in [-0.2, -0.15) is 15.8 Å². The SMILES string of the molecule is N#CC1C2COCC12CCCCC(C(c1ccc(-c2ccc(N3C[C@H](Cn4ccnn4)OC3=O)cc2F)cn1)C12COCC1C2C#N)C12COCC1C2C#N. The molecule has 13 nitrogen and oxygen atoms in total. The summed E-state index contributed by atoms with van der Waals surface area (Å²) in [5.41, 5.74) is 1.39. The Hall–Kier alpha value is -4.94. The van der Waals surface area contributed by atoms with Crippen molar-refractivity contribution in [3.63, 3.8) is 0 Å². The second-order valence-corrected chi connectivity index (χ2v) is 16.9. The van der Waals surface area contributed by atoms with Crippen LogP contribution in [0.15, 0.2) is 48.9 Å². The summed E-state index contributed by atoms with van der Waals surface area (Å²) in [6.45, 7) is 3.97. The number of rotatable bonds is 13. The summed E-state index contributed by atoms with van der Waals surface area (Å²) in [5, 5.41) is 38.2. The van der Waals surface area contributed by atoms with Crippen molar-refractivity contribution in [2.75, 3.05) is 51.1 Å². The number of carbonyl (C=O) groups excluding carboxylic acids is 1. The standard InChI is InChI=1S/C41H41FN8O5/c42-35-11-25(50-17-26(55-38(50)51)16-49-10-9-47-48-49)5-6-27(35)24-4-7-36(46-15-24)37(41-23-54-20-34(41)31(41)14-45)28(40-22-53-19-33(40)30(40)13-44)3-1-2-8-39-21-52-18-32(39)29(39)12-43/h4-7,9-11,15,26,28-34,37H,1-3,8,16-23H2/t26-,28?,29?,30?,31?,32?,33?,34?,37?,39?,40?,41?/m0/s1. The van der Waals surface area contributed by atoms with E-state index in [-0.39, 0.29) is 58.8 Å². The Bertz CT molecular complexity index is 2130. The predicted octanol–water partition coefficient (Wildman–Crippen LogP) is 5.12. The van der Waals surface area contributed by atoms with E-state index in [1.54, 1.807) is 35.4 Å². The third-order valence-corrected chi connectivity index (χ3v) is 14.7. The molecule has 0 bridgehead atoms. The monoisotopic (exact) mass is 744 g/mol. The second-order valence-electron chi connectivity index (χ2n) is 16.9. The van der Waals surface area contributed by atoms with Gasteiger partial charge in [0.05, 0.1) is 101 Å². The Morgan fingerprint density at radius 2 is 1.65 bits per heavy atom. The van der Waals surface area contributed by atoms with E-state index in [0.717, 1.165) is 31.4 Å². The summed E-state index contributed by atoms with van der Waals surface area (Å²) >= 11 is 0. The highest BCUT2D eigenvalue weighted by atomic mass is 19.1. The number of fused-ring (bicyclic) bond motifs is 3. The molecule has 7 fully saturated rings. The van der Waals surface area contributed by atoms with E-state index in [1.165, 1.54) is 11.0 Å². The highest BCUT2D eigenvalue weighted by Crippen LogP contribution is 2.77. The summed E-state index contributed by atoms with van der Waals surface area (Å²) in [4.78, 5) is 19.2. The van der Waals surface area contributed by atoms with Crippen LogP contribution in [0.3, 0.4) is 0 Å². The summed E-state index contributed by atoms with van der Waals surface area (Å²) in [6, 6.07) is 16.3. The zero-order valence-corrected chi connectivity index (χ0v) is 30.3. The number of nitriles is 3. The minimum Gasteiger partial charge on any atom is -0.442 e. The molecular weight excluding hydrogens is 703 g/mol. The fourth-order valence-electron chi connectivity index (χ4n) is 11.7. The van der Waals surface area contributed by atoms with Crippen LogP contribution < -0.4 is 4.90 Å². The van der Waals surface area contributed by atoms with Crippen LogP contribution in [-0.2, 0) is 25.5 Å². The third-order valence-electron chi connectivity index (χ3n) is 14.7. The first-order valence-corrected chi connectivity index (χ1v) is 19.4. The number of hydrogen-bond acceptors (Lipinski definition) is 11. The fraction of sp³-hybridized carbons (Fsp3) is 0.585. The largest absolute Gasteiger partial charge is 0.442 e. The molecule has 14 heteroatoms. The molecule has 11 unspecified atom stereocenters. The van der Waals surface area contributed by atoms with Gasteiger partial charge in [0.2, 0.25) is 0 Å². The molecule has 3 aliphatic carbocycles. The molecule has 4 aliphatic heterocycles. The van der Waals surface area contributed by atoms with Gasteiger partial charge in [-0.3, -0.25) is 9.88 Å². The Morgan fingerprint density at radius 1 is 0.909 bits per heavy atom. The van der Waals surface area contributed by atoms with Crippen molar-refractivity contribution in [3.8, 4) is 29.3 Å². The zero-order valence-electron chi connectivity index (χ0n) is 30.3. The topological polar surface area (TPSA) is 172 Å². The first kappa shape index (κ1) is 34.5. The van der Waals surface area contributed by atoms with Crippen LogP contribution in [0, 0.1) is 97.5 Å². The lowest BCUT2D eigenvalue weighted by Gasteiger charge is -2.38. The molecule has 4 saturated heterocycles. The van der Waals surface area contributed by atoms with Gasteiger partial charge in [0.1, 0.15) is 11.9 Å². The lowest BCUT2D eigenvalue weighted by molar-refractivity contribution is 0.0676. The van der Waals surface area contributed by atoms with Gasteiger partial charge in [0, 0.05) is 69.1 Å². The third kappa shape index (κ3) is 5.09. The molecule has 0 spiro atoms. The molecule has 282 valence electrons. The van der Waals surface area contributed by atoms with Gasteiger partial charge in [0.25, 0.3) is 0 Å². The number of aromatic nitrogens is 4. The van der Waals surface area contributed by atoms with Crippen molar-refractivity contribution >= 4 is 11.8 Å². The Labute approximate surface area is 317 Å². The molecule has 2 aromatic heterocycles. The summed E-state index contributed by atoms with van der Waals surface area (Å²) in [6.07, 6.45) is 7.60. The zero-order chi connectivity index (χ0) is 37.5. The Balaban J connectivity index is 0.929. The summed E-state index contributed by atoms with van der Waals surface area (Å²) < 4.78 is 40.9. The molecule has 3 aromatic rings. The van der Waals surface area contributed by atoms with Gasteiger partial charge in [-0.25, -0.2) is 13.9 Å². The lowest BCUT2D eigenvalue weighted by Crippen LogP contribution is -2.36. The normalized spacial score (nSPS) is 37.2. The first-order chi connectivity index (χ1) is 26.9. The lowest BCUT2D eigenvalue weighted by atomic mass is 9.65. The van der Waals surface area contributed by atoms with Crippen LogP contribution in [0.1, 0.15) is 37.3 Å². The van der Waals surface area contributed by atoms with E-state index in [9.17, 15) is 20.6 Å². The number of amides is 1. The average Bonchev–Trinajstić information content (AvgIpc) is 3.67. The van der Waals surface area contributed by atoms with Crippen LogP contribution in [0.25, 0.3) is 11.1 Å². The smallest absolute Gasteiger partial charge is 0.414 e. The molecule has 7 aliphatic rings. The highest BCUT2D eigenvalue weighted by Gasteiger charge is 2.79. The van der Waals surface area contributed by atoms with Crippen LogP contribution in [0.5, 0.6) is 0 Å². The molecule has 3 saturated carbocycles. The van der Waals surface area contributed by atoms with Gasteiger partial charge in [0.15, 0.2) is 0 Å². The van der Waals surface area contributed by atoms with Gasteiger partial charge in [-0.1, -0.05) is 24.1 Å². The molecule has 1 aromatic carbocycles. The summed E-state index contributed by atoms with van der Waals surface area (Å²) in [7, 11) is 0. The number of carbonyl (C=O) groups is 1. The van der Waals surface area contributed by atoms with E-state index in [4.69, 9.17) is 23.9 Å². The van der Waals surface area contributed by atoms with Crippen molar-refractivity contribution in [1.29, 1.82) is 15.8 Å². The van der Waals surface area contributed by atoms with Gasteiger partial charge < -0.3 is 18.9 Å². The van der Waals surface area contributed by atoms with Gasteiger partial charge in [-0.15, -0.1) is 5.10 Å². The fourth-order valence-corrected chi connectivity index (χ4v) is 11.7. The van der Waals surface area contributed by atoms with Crippen molar-refractivity contribution in [2.45, 2.75) is 44.2 Å².